The number of halogens is 1. The normalized spacial score (nSPS) is 20.1. The van der Waals surface area contributed by atoms with Gasteiger partial charge in [-0.15, -0.1) is 0 Å². The zero-order chi connectivity index (χ0) is 12.6. The lowest BCUT2D eigenvalue weighted by molar-refractivity contribution is -0.117. The van der Waals surface area contributed by atoms with Gasteiger partial charge in [-0.3, -0.25) is 4.79 Å². The Hall–Kier alpha value is -0.870. The number of nitrogens with zero attached hydrogens (tertiary/aromatic N) is 1. The van der Waals surface area contributed by atoms with Crippen molar-refractivity contribution in [3.05, 3.63) is 27.7 Å². The molecule has 1 aliphatic heterocycles. The van der Waals surface area contributed by atoms with E-state index < -0.39 is 0 Å². The van der Waals surface area contributed by atoms with E-state index in [4.69, 9.17) is 5.73 Å². The number of carbonyl (C=O) groups is 1. The van der Waals surface area contributed by atoms with Crippen LogP contribution in [-0.4, -0.2) is 19.0 Å². The topological polar surface area (TPSA) is 46.3 Å². The Morgan fingerprint density at radius 2 is 2.12 bits per heavy atom. The van der Waals surface area contributed by atoms with Gasteiger partial charge in [0.05, 0.1) is 0 Å². The number of hydrogen-bond donors (Lipinski definition) is 1. The summed E-state index contributed by atoms with van der Waals surface area (Å²) in [5.41, 5.74) is 8.97. The van der Waals surface area contributed by atoms with Crippen LogP contribution in [0.25, 0.3) is 0 Å². The van der Waals surface area contributed by atoms with Crippen LogP contribution in [0, 0.1) is 19.8 Å². The van der Waals surface area contributed by atoms with Gasteiger partial charge in [-0.05, 0) is 43.5 Å². The Labute approximate surface area is 110 Å². The van der Waals surface area contributed by atoms with Crippen molar-refractivity contribution < 1.29 is 4.79 Å². The highest BCUT2D eigenvalue weighted by Crippen LogP contribution is 2.31. The zero-order valence-electron chi connectivity index (χ0n) is 10.2. The van der Waals surface area contributed by atoms with Gasteiger partial charge in [-0.25, -0.2) is 0 Å². The second-order valence-corrected chi connectivity index (χ2v) is 5.55. The Bertz CT molecular complexity index is 459. The molecule has 2 rings (SSSR count). The fourth-order valence-corrected chi connectivity index (χ4v) is 2.61. The number of benzene rings is 1. The van der Waals surface area contributed by atoms with Crippen LogP contribution in [0.5, 0.6) is 0 Å². The van der Waals surface area contributed by atoms with Gasteiger partial charge in [-0.2, -0.15) is 0 Å². The summed E-state index contributed by atoms with van der Waals surface area (Å²) < 4.78 is 1.04. The molecule has 0 bridgehead atoms. The summed E-state index contributed by atoms with van der Waals surface area (Å²) >= 11 is 3.52. The number of hydrogen-bond acceptors (Lipinski definition) is 2. The van der Waals surface area contributed by atoms with Crippen LogP contribution in [0.4, 0.5) is 5.69 Å². The number of anilines is 1. The Morgan fingerprint density at radius 3 is 2.71 bits per heavy atom. The predicted molar refractivity (Wildman–Crippen MR) is 73.1 cm³/mol. The van der Waals surface area contributed by atoms with E-state index in [0.29, 0.717) is 18.9 Å². The fourth-order valence-electron chi connectivity index (χ4n) is 2.28. The van der Waals surface area contributed by atoms with Gasteiger partial charge >= 0.3 is 0 Å². The van der Waals surface area contributed by atoms with Crippen molar-refractivity contribution in [2.45, 2.75) is 20.3 Å². The minimum atomic E-state index is 0.180. The molecule has 1 saturated heterocycles. The molecule has 2 N–H and O–H groups in total. The van der Waals surface area contributed by atoms with E-state index in [2.05, 4.69) is 28.9 Å². The Kier molecular flexibility index (Phi) is 3.54. The molecule has 3 nitrogen and oxygen atoms in total. The molecule has 0 spiro atoms. The van der Waals surface area contributed by atoms with E-state index in [0.717, 1.165) is 22.3 Å². The second kappa shape index (κ2) is 4.78. The van der Waals surface area contributed by atoms with E-state index in [1.54, 1.807) is 0 Å². The first-order valence-corrected chi connectivity index (χ1v) is 6.59. The predicted octanol–water partition coefficient (Wildman–Crippen LogP) is 2.38. The van der Waals surface area contributed by atoms with Crippen LogP contribution in [0.2, 0.25) is 0 Å². The molecule has 1 fully saturated rings. The molecule has 17 heavy (non-hydrogen) atoms. The SMILES string of the molecule is Cc1cc(C)c(N2CC(CN)CC2=O)cc1Br. The van der Waals surface area contributed by atoms with Gasteiger partial charge in [0, 0.05) is 23.1 Å². The minimum absolute atomic E-state index is 0.180. The zero-order valence-corrected chi connectivity index (χ0v) is 11.8. The second-order valence-electron chi connectivity index (χ2n) is 4.70. The van der Waals surface area contributed by atoms with Crippen LogP contribution < -0.4 is 10.6 Å². The average Bonchev–Trinajstić information content (AvgIpc) is 2.65. The van der Waals surface area contributed by atoms with Gasteiger partial charge in [0.25, 0.3) is 0 Å². The molecule has 1 amide bonds. The molecule has 4 heteroatoms. The monoisotopic (exact) mass is 296 g/mol. The summed E-state index contributed by atoms with van der Waals surface area (Å²) in [6.07, 6.45) is 0.571. The lowest BCUT2D eigenvalue weighted by atomic mass is 10.1. The van der Waals surface area contributed by atoms with Crippen molar-refractivity contribution in [1.29, 1.82) is 0 Å². The average molecular weight is 297 g/mol. The number of amides is 1. The van der Waals surface area contributed by atoms with Crippen molar-refractivity contribution in [3.63, 3.8) is 0 Å². The van der Waals surface area contributed by atoms with Crippen molar-refractivity contribution >= 4 is 27.5 Å². The van der Waals surface area contributed by atoms with Gasteiger partial charge in [0.15, 0.2) is 0 Å². The molecule has 1 atom stereocenters. The van der Waals surface area contributed by atoms with Crippen LogP contribution >= 0.6 is 15.9 Å². The van der Waals surface area contributed by atoms with E-state index in [9.17, 15) is 4.79 Å². The highest BCUT2D eigenvalue weighted by Gasteiger charge is 2.30. The number of nitrogens with two attached hydrogens (primary N) is 1. The first-order valence-electron chi connectivity index (χ1n) is 5.80. The lowest BCUT2D eigenvalue weighted by Crippen LogP contribution is -2.26. The van der Waals surface area contributed by atoms with Gasteiger partial charge in [0.2, 0.25) is 5.91 Å². The van der Waals surface area contributed by atoms with Crippen LogP contribution in [-0.2, 0) is 4.79 Å². The van der Waals surface area contributed by atoms with E-state index in [-0.39, 0.29) is 5.91 Å². The molecule has 92 valence electrons. The molecule has 1 unspecified atom stereocenters. The largest absolute Gasteiger partial charge is 0.330 e. The smallest absolute Gasteiger partial charge is 0.227 e. The van der Waals surface area contributed by atoms with Gasteiger partial charge in [0.1, 0.15) is 0 Å². The standard InChI is InChI=1S/C13H17BrN2O/c1-8-3-9(2)12(5-11(8)14)16-7-10(6-15)4-13(16)17/h3,5,10H,4,6-7,15H2,1-2H3. The Morgan fingerprint density at radius 1 is 1.41 bits per heavy atom. The summed E-state index contributed by atoms with van der Waals surface area (Å²) in [5, 5.41) is 0. The van der Waals surface area contributed by atoms with E-state index in [1.807, 2.05) is 17.9 Å². The fraction of sp³-hybridized carbons (Fsp3) is 0.462. The van der Waals surface area contributed by atoms with Crippen molar-refractivity contribution in [2.24, 2.45) is 11.7 Å². The first-order chi connectivity index (χ1) is 8.02. The highest BCUT2D eigenvalue weighted by molar-refractivity contribution is 9.10. The molecule has 0 saturated carbocycles. The summed E-state index contributed by atoms with van der Waals surface area (Å²) in [5.74, 6) is 0.473. The molecule has 1 heterocycles. The van der Waals surface area contributed by atoms with Crippen molar-refractivity contribution in [2.75, 3.05) is 18.0 Å². The van der Waals surface area contributed by atoms with E-state index in [1.165, 1.54) is 5.56 Å². The number of rotatable bonds is 2. The third-order valence-electron chi connectivity index (χ3n) is 3.31. The van der Waals surface area contributed by atoms with Crippen molar-refractivity contribution in [1.82, 2.24) is 0 Å². The van der Waals surface area contributed by atoms with Crippen LogP contribution in [0.3, 0.4) is 0 Å². The maximum Gasteiger partial charge on any atom is 0.227 e. The minimum Gasteiger partial charge on any atom is -0.330 e. The van der Waals surface area contributed by atoms with Crippen molar-refractivity contribution in [3.8, 4) is 0 Å². The maximum absolute atomic E-state index is 11.9. The lowest BCUT2D eigenvalue weighted by Gasteiger charge is -2.20. The molecule has 0 aromatic heterocycles. The first kappa shape index (κ1) is 12.6. The molecule has 1 aromatic carbocycles. The van der Waals surface area contributed by atoms with Gasteiger partial charge in [-0.1, -0.05) is 22.0 Å². The molecule has 0 radical (unpaired) electrons. The summed E-state index contributed by atoms with van der Waals surface area (Å²) in [6.45, 7) is 5.41. The van der Waals surface area contributed by atoms with E-state index >= 15 is 0 Å². The van der Waals surface area contributed by atoms with Crippen LogP contribution in [0.15, 0.2) is 16.6 Å². The summed E-state index contributed by atoms with van der Waals surface area (Å²) in [4.78, 5) is 13.8. The molecular weight excluding hydrogens is 280 g/mol. The quantitative estimate of drug-likeness (QED) is 0.911. The van der Waals surface area contributed by atoms with Crippen LogP contribution in [0.1, 0.15) is 17.5 Å². The summed E-state index contributed by atoms with van der Waals surface area (Å²) in [7, 11) is 0. The number of carbonyl (C=O) groups excluding carboxylic acids is 1. The van der Waals surface area contributed by atoms with Gasteiger partial charge < -0.3 is 10.6 Å². The molecular formula is C13H17BrN2O. The highest BCUT2D eigenvalue weighted by atomic mass is 79.9. The third kappa shape index (κ3) is 2.38. The Balaban J connectivity index is 2.35. The molecule has 0 aliphatic carbocycles. The molecule has 1 aliphatic rings. The summed E-state index contributed by atoms with van der Waals surface area (Å²) in [6, 6.07) is 4.13. The number of aryl methyl sites for hydroxylation is 2. The maximum atomic E-state index is 11.9. The molecule has 1 aromatic rings. The third-order valence-corrected chi connectivity index (χ3v) is 4.16.